The molecule has 7 heteroatoms. The number of hydrogen-bond donors (Lipinski definition) is 1. The summed E-state index contributed by atoms with van der Waals surface area (Å²) in [7, 11) is 1.28. The first-order chi connectivity index (χ1) is 13.3. The molecule has 4 fully saturated rings. The summed E-state index contributed by atoms with van der Waals surface area (Å²) in [6, 6.07) is 6.11. The van der Waals surface area contributed by atoms with Crippen LogP contribution in [0.15, 0.2) is 29.2 Å². The fourth-order valence-corrected chi connectivity index (χ4v) is 6.89. The maximum atomic E-state index is 12.7. The van der Waals surface area contributed by atoms with Crippen LogP contribution in [0.4, 0.5) is 0 Å². The highest BCUT2D eigenvalue weighted by Crippen LogP contribution is 2.59. The third kappa shape index (κ3) is 3.17. The Morgan fingerprint density at radius 1 is 1.07 bits per heavy atom. The van der Waals surface area contributed by atoms with Crippen molar-refractivity contribution in [2.75, 3.05) is 27.7 Å². The summed E-state index contributed by atoms with van der Waals surface area (Å²) in [5.41, 5.74) is 0.213. The molecule has 0 unspecified atom stereocenters. The number of amides is 1. The molecule has 6 nitrogen and oxygen atoms in total. The van der Waals surface area contributed by atoms with Crippen LogP contribution in [0.3, 0.4) is 0 Å². The van der Waals surface area contributed by atoms with Crippen LogP contribution >= 0.6 is 0 Å². The Balaban J connectivity index is 1.45. The summed E-state index contributed by atoms with van der Waals surface area (Å²) < 4.78 is 31.6. The number of nitrogens with zero attached hydrogens (tertiary/aromatic N) is 1. The number of methoxy groups -OCH3 is 1. The van der Waals surface area contributed by atoms with Crippen LogP contribution in [0.5, 0.6) is 0 Å². The van der Waals surface area contributed by atoms with E-state index in [-0.39, 0.29) is 16.4 Å². The van der Waals surface area contributed by atoms with Crippen molar-refractivity contribution in [1.82, 2.24) is 9.62 Å². The molecule has 5 rings (SSSR count). The van der Waals surface area contributed by atoms with Gasteiger partial charge in [-0.25, -0.2) is 12.7 Å². The molecule has 0 radical (unpaired) electrons. The van der Waals surface area contributed by atoms with E-state index in [1.807, 2.05) is 0 Å². The lowest BCUT2D eigenvalue weighted by atomic mass is 9.49. The lowest BCUT2D eigenvalue weighted by Gasteiger charge is -2.60. The van der Waals surface area contributed by atoms with Crippen molar-refractivity contribution in [1.29, 1.82) is 0 Å². The predicted octanol–water partition coefficient (Wildman–Crippen LogP) is 2.51. The van der Waals surface area contributed by atoms with Gasteiger partial charge in [-0.15, -0.1) is 0 Å². The molecule has 4 aliphatic rings. The number of carbonyl (C=O) groups excluding carboxylic acids is 1. The maximum absolute atomic E-state index is 12.7. The van der Waals surface area contributed by atoms with Gasteiger partial charge in [-0.05, 0) is 80.0 Å². The Kier molecular flexibility index (Phi) is 5.04. The number of rotatable bonds is 6. The Morgan fingerprint density at radius 2 is 1.61 bits per heavy atom. The number of carbonyl (C=O) groups is 1. The minimum absolute atomic E-state index is 0.181. The topological polar surface area (TPSA) is 75.7 Å². The first-order valence-electron chi connectivity index (χ1n) is 10.1. The van der Waals surface area contributed by atoms with E-state index >= 15 is 0 Å². The van der Waals surface area contributed by atoms with Crippen LogP contribution in [0, 0.1) is 23.7 Å². The molecule has 1 aromatic rings. The van der Waals surface area contributed by atoms with Gasteiger partial charge in [0.2, 0.25) is 10.0 Å². The third-order valence-corrected chi connectivity index (χ3v) is 9.15. The van der Waals surface area contributed by atoms with Gasteiger partial charge >= 0.3 is 0 Å². The van der Waals surface area contributed by atoms with Crippen LogP contribution in [0.1, 0.15) is 42.5 Å². The molecular formula is C21H30N2O4S. The zero-order chi connectivity index (χ0) is 20.1. The van der Waals surface area contributed by atoms with Crippen molar-refractivity contribution in [2.45, 2.75) is 42.6 Å². The molecule has 0 heterocycles. The first-order valence-corrected chi connectivity index (χ1v) is 11.6. The van der Waals surface area contributed by atoms with Gasteiger partial charge < -0.3 is 10.1 Å². The van der Waals surface area contributed by atoms with Gasteiger partial charge in [0, 0.05) is 33.3 Å². The quantitative estimate of drug-likeness (QED) is 0.788. The van der Waals surface area contributed by atoms with Crippen molar-refractivity contribution >= 4 is 15.9 Å². The van der Waals surface area contributed by atoms with Crippen LogP contribution in [-0.4, -0.2) is 52.0 Å². The molecule has 0 aliphatic heterocycles. The standard InChI is InChI=1S/C21H30N2O4S/c1-23(2)28(25,26)19-6-4-16(5-7-19)20(24)22-13-21(27-3)17-9-14-8-15(11-17)12-18(21)10-14/h4-7,14-15,17-18H,8-13H2,1-3H3,(H,22,24). The number of sulfonamides is 1. The van der Waals surface area contributed by atoms with Crippen molar-refractivity contribution < 1.29 is 17.9 Å². The molecule has 0 spiro atoms. The van der Waals surface area contributed by atoms with Crippen LogP contribution in [0.2, 0.25) is 0 Å². The van der Waals surface area contributed by atoms with E-state index < -0.39 is 10.0 Å². The Bertz CT molecular complexity index is 820. The highest BCUT2D eigenvalue weighted by atomic mass is 32.2. The average Bonchev–Trinajstić information content (AvgIpc) is 2.67. The predicted molar refractivity (Wildman–Crippen MR) is 106 cm³/mol. The second kappa shape index (κ2) is 7.11. The highest BCUT2D eigenvalue weighted by Gasteiger charge is 2.57. The maximum Gasteiger partial charge on any atom is 0.251 e. The monoisotopic (exact) mass is 406 g/mol. The van der Waals surface area contributed by atoms with Crippen LogP contribution < -0.4 is 5.32 Å². The fourth-order valence-electron chi connectivity index (χ4n) is 5.99. The molecule has 4 aliphatic carbocycles. The second-order valence-corrected chi connectivity index (χ2v) is 11.1. The summed E-state index contributed by atoms with van der Waals surface area (Å²) in [4.78, 5) is 12.9. The zero-order valence-electron chi connectivity index (χ0n) is 16.8. The van der Waals surface area contributed by atoms with Gasteiger partial charge in [0.15, 0.2) is 0 Å². The molecule has 0 aromatic heterocycles. The Hall–Kier alpha value is -1.44. The van der Waals surface area contributed by atoms with E-state index in [1.165, 1.54) is 58.3 Å². The Morgan fingerprint density at radius 3 is 2.07 bits per heavy atom. The fraction of sp³-hybridized carbons (Fsp3) is 0.667. The smallest absolute Gasteiger partial charge is 0.251 e. The van der Waals surface area contributed by atoms with Crippen LogP contribution in [0.25, 0.3) is 0 Å². The second-order valence-electron chi connectivity index (χ2n) is 8.96. The first kappa shape index (κ1) is 19.9. The molecule has 4 bridgehead atoms. The van der Waals surface area contributed by atoms with Crippen molar-refractivity contribution in [3.05, 3.63) is 29.8 Å². The molecule has 28 heavy (non-hydrogen) atoms. The summed E-state index contributed by atoms with van der Waals surface area (Å²) in [6.45, 7) is 0.523. The van der Waals surface area contributed by atoms with E-state index in [9.17, 15) is 13.2 Å². The van der Waals surface area contributed by atoms with Crippen molar-refractivity contribution in [3.63, 3.8) is 0 Å². The lowest BCUT2D eigenvalue weighted by Crippen LogP contribution is -2.63. The highest BCUT2D eigenvalue weighted by molar-refractivity contribution is 7.89. The van der Waals surface area contributed by atoms with E-state index in [1.54, 1.807) is 19.2 Å². The van der Waals surface area contributed by atoms with E-state index in [2.05, 4.69) is 5.32 Å². The van der Waals surface area contributed by atoms with Gasteiger partial charge in [-0.1, -0.05) is 0 Å². The van der Waals surface area contributed by atoms with Crippen molar-refractivity contribution in [3.8, 4) is 0 Å². The molecule has 4 saturated carbocycles. The normalized spacial score (nSPS) is 34.0. The molecule has 0 atom stereocenters. The molecule has 1 N–H and O–H groups in total. The SMILES string of the molecule is COC1(CNC(=O)c2ccc(S(=O)(=O)N(C)C)cc2)C2CC3CC(C2)CC1C3. The van der Waals surface area contributed by atoms with E-state index in [4.69, 9.17) is 4.74 Å². The summed E-state index contributed by atoms with van der Waals surface area (Å²) in [5.74, 6) is 2.56. The van der Waals surface area contributed by atoms with Gasteiger partial charge in [0.25, 0.3) is 5.91 Å². The van der Waals surface area contributed by atoms with Gasteiger partial charge in [0.05, 0.1) is 10.5 Å². The largest absolute Gasteiger partial charge is 0.376 e. The number of nitrogens with one attached hydrogen (secondary N) is 1. The Labute approximate surface area is 167 Å². The van der Waals surface area contributed by atoms with Gasteiger partial charge in [0.1, 0.15) is 0 Å². The van der Waals surface area contributed by atoms with E-state index in [0.717, 1.165) is 16.1 Å². The minimum atomic E-state index is -3.49. The number of benzene rings is 1. The van der Waals surface area contributed by atoms with Gasteiger partial charge in [-0.3, -0.25) is 4.79 Å². The average molecular weight is 407 g/mol. The molecular weight excluding hydrogens is 376 g/mol. The van der Waals surface area contributed by atoms with Crippen molar-refractivity contribution in [2.24, 2.45) is 23.7 Å². The third-order valence-electron chi connectivity index (χ3n) is 7.32. The van der Waals surface area contributed by atoms with E-state index in [0.29, 0.717) is 23.9 Å². The van der Waals surface area contributed by atoms with Crippen LogP contribution in [-0.2, 0) is 14.8 Å². The molecule has 154 valence electrons. The molecule has 1 amide bonds. The number of hydrogen-bond acceptors (Lipinski definition) is 4. The summed E-state index contributed by atoms with van der Waals surface area (Å²) >= 11 is 0. The minimum Gasteiger partial charge on any atom is -0.376 e. The molecule has 1 aromatic carbocycles. The summed E-state index contributed by atoms with van der Waals surface area (Å²) in [5, 5.41) is 3.08. The zero-order valence-corrected chi connectivity index (χ0v) is 17.7. The number of ether oxygens (including phenoxy) is 1. The van der Waals surface area contributed by atoms with Gasteiger partial charge in [-0.2, -0.15) is 0 Å². The molecule has 0 saturated heterocycles. The summed E-state index contributed by atoms with van der Waals surface area (Å²) in [6.07, 6.45) is 6.24. The lowest BCUT2D eigenvalue weighted by molar-refractivity contribution is -0.186.